The molecule has 0 saturated carbocycles. The lowest BCUT2D eigenvalue weighted by Gasteiger charge is -2.04. The van der Waals surface area contributed by atoms with Crippen LogP contribution < -0.4 is 10.1 Å². The second kappa shape index (κ2) is 7.33. The molecule has 2 aromatic carbocycles. The van der Waals surface area contributed by atoms with Crippen LogP contribution in [0.2, 0.25) is 0 Å². The van der Waals surface area contributed by atoms with E-state index in [1.165, 1.54) is 23.5 Å². The SMILES string of the molecule is COc1ccc(-c2nc(NC(=O)c3cc(Br)ccc3F)sc2C)cc1. The van der Waals surface area contributed by atoms with Crippen molar-refractivity contribution in [3.63, 3.8) is 0 Å². The molecule has 0 atom stereocenters. The lowest BCUT2D eigenvalue weighted by Crippen LogP contribution is -2.13. The minimum absolute atomic E-state index is 0.0341. The number of benzene rings is 2. The molecular weight excluding hydrogens is 407 g/mol. The van der Waals surface area contributed by atoms with Gasteiger partial charge in [0.2, 0.25) is 0 Å². The van der Waals surface area contributed by atoms with Crippen molar-refractivity contribution < 1.29 is 13.9 Å². The summed E-state index contributed by atoms with van der Waals surface area (Å²) in [5, 5.41) is 3.09. The molecule has 0 radical (unpaired) electrons. The zero-order valence-electron chi connectivity index (χ0n) is 13.5. The van der Waals surface area contributed by atoms with E-state index in [9.17, 15) is 9.18 Å². The minimum atomic E-state index is -0.579. The van der Waals surface area contributed by atoms with Crippen LogP contribution in [0, 0.1) is 12.7 Å². The van der Waals surface area contributed by atoms with Crippen molar-refractivity contribution in [1.82, 2.24) is 4.98 Å². The first-order valence-electron chi connectivity index (χ1n) is 7.36. The van der Waals surface area contributed by atoms with Crippen LogP contribution in [-0.2, 0) is 0 Å². The smallest absolute Gasteiger partial charge is 0.260 e. The van der Waals surface area contributed by atoms with Gasteiger partial charge in [-0.2, -0.15) is 0 Å². The first kappa shape index (κ1) is 17.6. The van der Waals surface area contributed by atoms with Crippen LogP contribution in [0.15, 0.2) is 46.9 Å². The molecule has 0 aliphatic heterocycles. The quantitative estimate of drug-likeness (QED) is 0.624. The average molecular weight is 421 g/mol. The van der Waals surface area contributed by atoms with Crippen LogP contribution in [0.4, 0.5) is 9.52 Å². The van der Waals surface area contributed by atoms with Gasteiger partial charge in [-0.3, -0.25) is 10.1 Å². The summed E-state index contributed by atoms with van der Waals surface area (Å²) in [6.07, 6.45) is 0. The Labute approximate surface area is 156 Å². The number of carbonyl (C=O) groups is 1. The van der Waals surface area contributed by atoms with Gasteiger partial charge >= 0.3 is 0 Å². The molecular formula is C18H14BrFN2O2S. The van der Waals surface area contributed by atoms with Gasteiger partial charge in [-0.25, -0.2) is 9.37 Å². The van der Waals surface area contributed by atoms with Crippen LogP contribution in [0.1, 0.15) is 15.2 Å². The first-order chi connectivity index (χ1) is 12.0. The molecule has 1 N–H and O–H groups in total. The van der Waals surface area contributed by atoms with Crippen molar-refractivity contribution in [3.05, 3.63) is 63.2 Å². The number of thiazole rings is 1. The van der Waals surface area contributed by atoms with Crippen molar-refractivity contribution in [2.24, 2.45) is 0 Å². The number of hydrogen-bond acceptors (Lipinski definition) is 4. The standard InChI is InChI=1S/C18H14BrFN2O2S/c1-10-16(11-3-6-13(24-2)7-4-11)21-18(25-10)22-17(23)14-9-12(19)5-8-15(14)20/h3-9H,1-2H3,(H,21,22,23). The molecule has 3 aromatic rings. The van der Waals surface area contributed by atoms with Gasteiger partial charge in [0.1, 0.15) is 11.6 Å². The molecule has 1 heterocycles. The lowest BCUT2D eigenvalue weighted by atomic mass is 10.1. The van der Waals surface area contributed by atoms with E-state index < -0.39 is 11.7 Å². The molecule has 0 saturated heterocycles. The van der Waals surface area contributed by atoms with E-state index in [1.54, 1.807) is 13.2 Å². The molecule has 0 unspecified atom stereocenters. The van der Waals surface area contributed by atoms with Crippen molar-refractivity contribution >= 4 is 38.3 Å². The summed E-state index contributed by atoms with van der Waals surface area (Å²) >= 11 is 4.58. The molecule has 0 bridgehead atoms. The molecule has 1 aromatic heterocycles. The Morgan fingerprint density at radius 1 is 1.24 bits per heavy atom. The third-order valence-corrected chi connectivity index (χ3v) is 4.93. The zero-order chi connectivity index (χ0) is 18.0. The van der Waals surface area contributed by atoms with E-state index >= 15 is 0 Å². The number of carbonyl (C=O) groups excluding carboxylic acids is 1. The second-order valence-electron chi connectivity index (χ2n) is 5.23. The number of methoxy groups -OCH3 is 1. The third-order valence-electron chi connectivity index (χ3n) is 3.55. The Kier molecular flexibility index (Phi) is 5.15. The molecule has 0 aliphatic carbocycles. The number of hydrogen-bond donors (Lipinski definition) is 1. The molecule has 25 heavy (non-hydrogen) atoms. The van der Waals surface area contributed by atoms with E-state index in [1.807, 2.05) is 31.2 Å². The maximum absolute atomic E-state index is 13.8. The maximum Gasteiger partial charge on any atom is 0.260 e. The van der Waals surface area contributed by atoms with Gasteiger partial charge in [0.15, 0.2) is 5.13 Å². The Bertz CT molecular complexity index is 925. The molecule has 4 nitrogen and oxygen atoms in total. The normalized spacial score (nSPS) is 10.6. The number of aromatic nitrogens is 1. The summed E-state index contributed by atoms with van der Waals surface area (Å²) in [4.78, 5) is 17.7. The second-order valence-corrected chi connectivity index (χ2v) is 7.35. The molecule has 128 valence electrons. The number of anilines is 1. The number of nitrogens with one attached hydrogen (secondary N) is 1. The van der Waals surface area contributed by atoms with Gasteiger partial charge in [-0.05, 0) is 49.4 Å². The van der Waals surface area contributed by atoms with Crippen molar-refractivity contribution in [3.8, 4) is 17.0 Å². The molecule has 0 spiro atoms. The highest BCUT2D eigenvalue weighted by Gasteiger charge is 2.16. The predicted octanol–water partition coefficient (Wildman–Crippen LogP) is 5.28. The third kappa shape index (κ3) is 3.88. The number of rotatable bonds is 4. The summed E-state index contributed by atoms with van der Waals surface area (Å²) in [5.74, 6) is -0.353. The van der Waals surface area contributed by atoms with Crippen molar-refractivity contribution in [2.45, 2.75) is 6.92 Å². The van der Waals surface area contributed by atoms with Crippen molar-refractivity contribution in [2.75, 3.05) is 12.4 Å². The molecule has 1 amide bonds. The summed E-state index contributed by atoms with van der Waals surface area (Å²) in [6.45, 7) is 1.92. The largest absolute Gasteiger partial charge is 0.497 e. The summed E-state index contributed by atoms with van der Waals surface area (Å²) in [7, 11) is 1.61. The highest BCUT2D eigenvalue weighted by Crippen LogP contribution is 2.31. The topological polar surface area (TPSA) is 51.2 Å². The van der Waals surface area contributed by atoms with Gasteiger partial charge in [0, 0.05) is 14.9 Å². The van der Waals surface area contributed by atoms with Gasteiger partial charge in [-0.15, -0.1) is 11.3 Å². The van der Waals surface area contributed by atoms with Gasteiger partial charge < -0.3 is 4.74 Å². The summed E-state index contributed by atoms with van der Waals surface area (Å²) in [6, 6.07) is 11.7. The fourth-order valence-electron chi connectivity index (χ4n) is 2.30. The van der Waals surface area contributed by atoms with Crippen LogP contribution >= 0.6 is 27.3 Å². The highest BCUT2D eigenvalue weighted by molar-refractivity contribution is 9.10. The minimum Gasteiger partial charge on any atom is -0.497 e. The predicted molar refractivity (Wildman–Crippen MR) is 101 cm³/mol. The van der Waals surface area contributed by atoms with E-state index in [4.69, 9.17) is 4.74 Å². The molecule has 3 rings (SSSR count). The zero-order valence-corrected chi connectivity index (χ0v) is 15.9. The fraction of sp³-hybridized carbons (Fsp3) is 0.111. The van der Waals surface area contributed by atoms with E-state index in [0.717, 1.165) is 21.9 Å². The summed E-state index contributed by atoms with van der Waals surface area (Å²) < 4.78 is 19.6. The Hall–Kier alpha value is -2.25. The monoisotopic (exact) mass is 420 g/mol. The van der Waals surface area contributed by atoms with Crippen molar-refractivity contribution in [1.29, 1.82) is 0 Å². The average Bonchev–Trinajstić information content (AvgIpc) is 2.97. The van der Waals surface area contributed by atoms with Gasteiger partial charge in [0.05, 0.1) is 18.4 Å². The van der Waals surface area contributed by atoms with Crippen LogP contribution in [0.5, 0.6) is 5.75 Å². The number of ether oxygens (including phenoxy) is 1. The Morgan fingerprint density at radius 2 is 1.96 bits per heavy atom. The molecule has 0 fully saturated rings. The molecule has 0 aliphatic rings. The summed E-state index contributed by atoms with van der Waals surface area (Å²) in [5.41, 5.74) is 1.66. The van der Waals surface area contributed by atoms with Crippen LogP contribution in [-0.4, -0.2) is 18.0 Å². The van der Waals surface area contributed by atoms with E-state index in [0.29, 0.717) is 9.60 Å². The Balaban J connectivity index is 1.84. The van der Waals surface area contributed by atoms with Crippen LogP contribution in [0.3, 0.4) is 0 Å². The number of amides is 1. The maximum atomic E-state index is 13.8. The van der Waals surface area contributed by atoms with E-state index in [-0.39, 0.29) is 5.56 Å². The number of nitrogens with zero attached hydrogens (tertiary/aromatic N) is 1. The van der Waals surface area contributed by atoms with E-state index in [2.05, 4.69) is 26.2 Å². The lowest BCUT2D eigenvalue weighted by molar-refractivity contribution is 0.102. The number of aryl methyl sites for hydroxylation is 1. The first-order valence-corrected chi connectivity index (χ1v) is 8.97. The highest BCUT2D eigenvalue weighted by atomic mass is 79.9. The van der Waals surface area contributed by atoms with Gasteiger partial charge in [0.25, 0.3) is 5.91 Å². The van der Waals surface area contributed by atoms with Gasteiger partial charge in [-0.1, -0.05) is 15.9 Å². The fourth-order valence-corrected chi connectivity index (χ4v) is 3.49. The van der Waals surface area contributed by atoms with Crippen LogP contribution in [0.25, 0.3) is 11.3 Å². The molecule has 7 heteroatoms. The Morgan fingerprint density at radius 3 is 2.64 bits per heavy atom. The number of halogens is 2.